The smallest absolute Gasteiger partial charge is 0.302 e. The van der Waals surface area contributed by atoms with Gasteiger partial charge in [-0.05, 0) is 30.3 Å². The fourth-order valence-corrected chi connectivity index (χ4v) is 2.94. The van der Waals surface area contributed by atoms with Crippen molar-refractivity contribution in [2.75, 3.05) is 6.61 Å². The topological polar surface area (TPSA) is 95.4 Å². The van der Waals surface area contributed by atoms with E-state index in [1.165, 1.54) is 18.2 Å². The van der Waals surface area contributed by atoms with Crippen LogP contribution in [0.15, 0.2) is 53.4 Å². The molecule has 0 radical (unpaired) electrons. The molecule has 6 nitrogen and oxygen atoms in total. The standard InChI is InChI=1S/C14H13Cl2N3O3S/c15-10-6-7-13(12(16)8-10)22-9-14(17)18-19-23(20,21)11-4-2-1-3-5-11/h1-8,19H,9H2,(H2,17,18)/p+1. The number of nitrogens with one attached hydrogen (secondary N) is 2. The highest BCUT2D eigenvalue weighted by Crippen LogP contribution is 2.27. The Bertz CT molecular complexity index is 811. The minimum Gasteiger partial charge on any atom is -0.479 e. The van der Waals surface area contributed by atoms with Crippen molar-refractivity contribution >= 4 is 39.1 Å². The third-order valence-electron chi connectivity index (χ3n) is 2.68. The van der Waals surface area contributed by atoms with Gasteiger partial charge in [0.1, 0.15) is 5.75 Å². The van der Waals surface area contributed by atoms with Gasteiger partial charge in [0.05, 0.1) is 9.92 Å². The summed E-state index contributed by atoms with van der Waals surface area (Å²) in [6, 6.07) is 12.6. The summed E-state index contributed by atoms with van der Waals surface area (Å²) in [6.45, 7) is -0.0847. The van der Waals surface area contributed by atoms with Gasteiger partial charge in [-0.25, -0.2) is 0 Å². The number of hydrogen-bond acceptors (Lipinski definition) is 3. The Labute approximate surface area is 143 Å². The lowest BCUT2D eigenvalue weighted by atomic mass is 10.3. The van der Waals surface area contributed by atoms with Gasteiger partial charge in [0, 0.05) is 5.02 Å². The number of amidine groups is 1. The summed E-state index contributed by atoms with van der Waals surface area (Å²) in [5.41, 5.74) is 5.67. The van der Waals surface area contributed by atoms with Crippen molar-refractivity contribution in [3.05, 3.63) is 58.6 Å². The molecule has 0 aliphatic carbocycles. The van der Waals surface area contributed by atoms with Gasteiger partial charge in [-0.2, -0.15) is 18.4 Å². The number of hydrazone groups is 1. The second-order valence-corrected chi connectivity index (χ2v) is 6.96. The van der Waals surface area contributed by atoms with E-state index in [4.69, 9.17) is 33.7 Å². The summed E-state index contributed by atoms with van der Waals surface area (Å²) in [5, 5.41) is 3.19. The minimum absolute atomic E-state index is 0.0653. The van der Waals surface area contributed by atoms with Gasteiger partial charge in [-0.1, -0.05) is 41.4 Å². The molecule has 0 atom stereocenters. The second kappa shape index (κ2) is 7.54. The fourth-order valence-electron chi connectivity index (χ4n) is 1.58. The predicted molar refractivity (Wildman–Crippen MR) is 88.9 cm³/mol. The lowest BCUT2D eigenvalue weighted by molar-refractivity contribution is -0.501. The molecule has 0 amide bonds. The van der Waals surface area contributed by atoms with Gasteiger partial charge in [-0.15, -0.1) is 0 Å². The molecule has 0 spiro atoms. The van der Waals surface area contributed by atoms with Crippen LogP contribution in [0.5, 0.6) is 5.75 Å². The maximum absolute atomic E-state index is 12.0. The molecule has 23 heavy (non-hydrogen) atoms. The van der Waals surface area contributed by atoms with E-state index in [1.54, 1.807) is 30.3 Å². The monoisotopic (exact) mass is 374 g/mol. The molecule has 9 heteroatoms. The molecular weight excluding hydrogens is 361 g/mol. The number of hydrazine groups is 1. The first kappa shape index (κ1) is 17.4. The summed E-state index contributed by atoms with van der Waals surface area (Å²) in [7, 11) is -3.71. The quantitative estimate of drug-likeness (QED) is 0.394. The molecule has 0 aliphatic heterocycles. The number of rotatable bonds is 6. The zero-order valence-electron chi connectivity index (χ0n) is 11.8. The average Bonchev–Trinajstić information content (AvgIpc) is 2.53. The second-order valence-electron chi connectivity index (χ2n) is 4.43. The van der Waals surface area contributed by atoms with Crippen molar-refractivity contribution in [1.29, 1.82) is 0 Å². The van der Waals surface area contributed by atoms with E-state index >= 15 is 0 Å². The lowest BCUT2D eigenvalue weighted by Gasteiger charge is -2.06. The molecule has 0 unspecified atom stereocenters. The summed E-state index contributed by atoms with van der Waals surface area (Å²) >= 11 is 11.7. The number of ether oxygens (including phenoxy) is 1. The Kier molecular flexibility index (Phi) is 5.70. The minimum atomic E-state index is -3.71. The maximum Gasteiger partial charge on any atom is 0.302 e. The van der Waals surface area contributed by atoms with E-state index in [0.717, 1.165) is 0 Å². The number of sulfonamides is 1. The van der Waals surface area contributed by atoms with Crippen molar-refractivity contribution in [3.8, 4) is 5.75 Å². The zero-order chi connectivity index (χ0) is 16.9. The third kappa shape index (κ3) is 5.02. The first-order valence-corrected chi connectivity index (χ1v) is 8.64. The predicted octanol–water partition coefficient (Wildman–Crippen LogP) is 0.703. The SMILES string of the molecule is NC(COc1ccc(Cl)cc1Cl)=[NH+]NS(=O)(=O)c1ccccc1. The molecule has 122 valence electrons. The van der Waals surface area contributed by atoms with Gasteiger partial charge in [-0.3, -0.25) is 5.73 Å². The molecule has 0 saturated carbocycles. The van der Waals surface area contributed by atoms with E-state index in [1.807, 2.05) is 0 Å². The molecule has 0 heterocycles. The van der Waals surface area contributed by atoms with Crippen LogP contribution in [0.4, 0.5) is 0 Å². The van der Waals surface area contributed by atoms with Crippen molar-refractivity contribution in [3.63, 3.8) is 0 Å². The third-order valence-corrected chi connectivity index (χ3v) is 4.47. The highest BCUT2D eigenvalue weighted by molar-refractivity contribution is 7.89. The van der Waals surface area contributed by atoms with Crippen LogP contribution in [0.25, 0.3) is 0 Å². The van der Waals surface area contributed by atoms with Crippen molar-refractivity contribution < 1.29 is 18.3 Å². The van der Waals surface area contributed by atoms with Crippen LogP contribution in [0.1, 0.15) is 0 Å². The summed E-state index contributed by atoms with van der Waals surface area (Å²) in [4.78, 5) is 2.27. The zero-order valence-corrected chi connectivity index (χ0v) is 14.1. The van der Waals surface area contributed by atoms with Crippen LogP contribution in [-0.4, -0.2) is 20.9 Å². The first-order chi connectivity index (χ1) is 10.9. The number of benzene rings is 2. The van der Waals surface area contributed by atoms with E-state index in [9.17, 15) is 8.42 Å². The number of nitrogens with two attached hydrogens (primary N) is 1. The molecule has 0 fully saturated rings. The Hall–Kier alpha value is -1.96. The Morgan fingerprint density at radius 3 is 2.52 bits per heavy atom. The number of hydrogen-bond donors (Lipinski definition) is 3. The molecule has 4 N–H and O–H groups in total. The van der Waals surface area contributed by atoms with Gasteiger partial charge in [0.15, 0.2) is 6.61 Å². The van der Waals surface area contributed by atoms with E-state index in [0.29, 0.717) is 15.8 Å². The highest BCUT2D eigenvalue weighted by Gasteiger charge is 2.14. The van der Waals surface area contributed by atoms with Crippen molar-refractivity contribution in [2.45, 2.75) is 4.90 Å². The van der Waals surface area contributed by atoms with Crippen molar-refractivity contribution in [1.82, 2.24) is 4.83 Å². The fraction of sp³-hybridized carbons (Fsp3) is 0.0714. The molecule has 0 aromatic heterocycles. The molecular formula is C14H14Cl2N3O3S+. The Morgan fingerprint density at radius 1 is 1.17 bits per heavy atom. The van der Waals surface area contributed by atoms with Gasteiger partial charge >= 0.3 is 5.84 Å². The normalized spacial score (nSPS) is 12.0. The molecule has 2 aromatic rings. The highest BCUT2D eigenvalue weighted by atomic mass is 35.5. The van der Waals surface area contributed by atoms with E-state index < -0.39 is 10.0 Å². The molecule has 0 aliphatic rings. The Balaban J connectivity index is 1.98. The van der Waals surface area contributed by atoms with Gasteiger partial charge < -0.3 is 4.74 Å². The largest absolute Gasteiger partial charge is 0.479 e. The molecule has 0 saturated heterocycles. The van der Waals surface area contributed by atoms with Crippen LogP contribution >= 0.6 is 23.2 Å². The molecule has 2 rings (SSSR count). The first-order valence-electron chi connectivity index (χ1n) is 6.40. The molecule has 2 aromatic carbocycles. The van der Waals surface area contributed by atoms with Crippen LogP contribution in [0.3, 0.4) is 0 Å². The summed E-state index contributed by atoms with van der Waals surface area (Å²) < 4.78 is 29.3. The van der Waals surface area contributed by atoms with Crippen LogP contribution in [-0.2, 0) is 10.0 Å². The van der Waals surface area contributed by atoms with Gasteiger partial charge in [0.25, 0.3) is 10.0 Å². The van der Waals surface area contributed by atoms with E-state index in [2.05, 4.69) is 9.93 Å². The average molecular weight is 375 g/mol. The lowest BCUT2D eigenvalue weighted by Crippen LogP contribution is -2.86. The molecule has 0 bridgehead atoms. The van der Waals surface area contributed by atoms with Crippen molar-refractivity contribution in [2.24, 2.45) is 5.73 Å². The van der Waals surface area contributed by atoms with Crippen LogP contribution < -0.4 is 20.4 Å². The summed E-state index contributed by atoms with van der Waals surface area (Å²) in [5.74, 6) is 0.447. The van der Waals surface area contributed by atoms with E-state index in [-0.39, 0.29) is 17.3 Å². The number of halogens is 2. The van der Waals surface area contributed by atoms with Gasteiger partial charge in [0.2, 0.25) is 0 Å². The Morgan fingerprint density at radius 2 is 1.87 bits per heavy atom. The maximum atomic E-state index is 12.0. The van der Waals surface area contributed by atoms with Crippen LogP contribution in [0.2, 0.25) is 10.0 Å². The van der Waals surface area contributed by atoms with Crippen LogP contribution in [0, 0.1) is 0 Å². The summed E-state index contributed by atoms with van der Waals surface area (Å²) in [6.07, 6.45) is 0.